The number of ether oxygens (including phenoxy) is 1. The Morgan fingerprint density at radius 3 is 2.71 bits per heavy atom. The fourth-order valence-electron chi connectivity index (χ4n) is 2.73. The molecule has 1 aliphatic rings. The van der Waals surface area contributed by atoms with Gasteiger partial charge in [-0.2, -0.15) is 0 Å². The molecule has 116 valence electrons. The summed E-state index contributed by atoms with van der Waals surface area (Å²) in [5, 5.41) is 2.87. The van der Waals surface area contributed by atoms with Crippen molar-refractivity contribution in [1.82, 2.24) is 4.90 Å². The smallest absolute Gasteiger partial charge is 0.238 e. The first-order chi connectivity index (χ1) is 10.1. The Hall–Kier alpha value is -1.75. The van der Waals surface area contributed by atoms with Crippen molar-refractivity contribution in [3.8, 4) is 5.75 Å². The van der Waals surface area contributed by atoms with Gasteiger partial charge in [-0.25, -0.2) is 0 Å². The van der Waals surface area contributed by atoms with Gasteiger partial charge in [0.15, 0.2) is 0 Å². The van der Waals surface area contributed by atoms with Crippen LogP contribution in [0.3, 0.4) is 0 Å². The molecular weight excluding hydrogens is 266 g/mol. The van der Waals surface area contributed by atoms with Gasteiger partial charge in [-0.1, -0.05) is 13.3 Å². The van der Waals surface area contributed by atoms with E-state index in [1.807, 2.05) is 0 Å². The molecule has 0 spiro atoms. The van der Waals surface area contributed by atoms with Crippen LogP contribution < -0.4 is 15.8 Å². The van der Waals surface area contributed by atoms with Gasteiger partial charge in [0.05, 0.1) is 25.0 Å². The van der Waals surface area contributed by atoms with Gasteiger partial charge in [-0.05, 0) is 44.0 Å². The monoisotopic (exact) mass is 291 g/mol. The zero-order chi connectivity index (χ0) is 15.2. The number of nitrogen functional groups attached to an aromatic ring is 1. The molecule has 1 fully saturated rings. The van der Waals surface area contributed by atoms with Crippen LogP contribution in [0.5, 0.6) is 5.75 Å². The van der Waals surface area contributed by atoms with E-state index < -0.39 is 0 Å². The van der Waals surface area contributed by atoms with Crippen molar-refractivity contribution >= 4 is 17.3 Å². The lowest BCUT2D eigenvalue weighted by Crippen LogP contribution is -2.39. The number of anilines is 2. The van der Waals surface area contributed by atoms with E-state index in [9.17, 15) is 4.79 Å². The second-order valence-electron chi connectivity index (χ2n) is 5.63. The first kappa shape index (κ1) is 15.6. The van der Waals surface area contributed by atoms with Crippen LogP contribution >= 0.6 is 0 Å². The number of nitrogens with two attached hydrogens (primary N) is 1. The van der Waals surface area contributed by atoms with Crippen LogP contribution in [0.4, 0.5) is 11.4 Å². The molecule has 1 aliphatic heterocycles. The molecule has 0 unspecified atom stereocenters. The van der Waals surface area contributed by atoms with Crippen LogP contribution in [-0.4, -0.2) is 37.6 Å². The van der Waals surface area contributed by atoms with Gasteiger partial charge in [0.25, 0.3) is 0 Å². The van der Waals surface area contributed by atoms with Gasteiger partial charge in [0, 0.05) is 6.07 Å². The third kappa shape index (κ3) is 4.36. The van der Waals surface area contributed by atoms with Gasteiger partial charge in [-0.3, -0.25) is 9.69 Å². The van der Waals surface area contributed by atoms with Gasteiger partial charge >= 0.3 is 0 Å². The molecule has 0 aliphatic carbocycles. The average molecular weight is 291 g/mol. The third-order valence-corrected chi connectivity index (χ3v) is 4.18. The van der Waals surface area contributed by atoms with Crippen molar-refractivity contribution in [2.24, 2.45) is 5.92 Å². The van der Waals surface area contributed by atoms with E-state index in [4.69, 9.17) is 10.5 Å². The number of methoxy groups -OCH3 is 1. The number of nitrogens with zero attached hydrogens (tertiary/aromatic N) is 1. The summed E-state index contributed by atoms with van der Waals surface area (Å²) in [6.45, 7) is 4.68. The highest BCUT2D eigenvalue weighted by Crippen LogP contribution is 2.24. The maximum atomic E-state index is 12.1. The zero-order valence-corrected chi connectivity index (χ0v) is 12.9. The standard InChI is InChI=1S/C16H25N3O2/c1-3-12-6-8-19(9-7-12)11-16(20)18-15-5-4-13(21-2)10-14(15)17/h4-5,10,12H,3,6-9,11,17H2,1-2H3,(H,18,20). The number of rotatable bonds is 5. The number of carbonyl (C=O) groups is 1. The molecule has 1 amide bonds. The highest BCUT2D eigenvalue weighted by Gasteiger charge is 2.19. The van der Waals surface area contributed by atoms with Crippen LogP contribution in [0.2, 0.25) is 0 Å². The normalized spacial score (nSPS) is 16.7. The Morgan fingerprint density at radius 2 is 2.14 bits per heavy atom. The molecule has 5 heteroatoms. The molecule has 1 aromatic rings. The minimum absolute atomic E-state index is 0.0122. The van der Waals surface area contributed by atoms with E-state index in [1.165, 1.54) is 19.3 Å². The minimum atomic E-state index is -0.0122. The number of nitrogens with one attached hydrogen (secondary N) is 1. The molecule has 0 bridgehead atoms. The summed E-state index contributed by atoms with van der Waals surface area (Å²) in [6.07, 6.45) is 3.62. The van der Waals surface area contributed by atoms with Gasteiger partial charge < -0.3 is 15.8 Å². The Labute approximate surface area is 126 Å². The fourth-order valence-corrected chi connectivity index (χ4v) is 2.73. The summed E-state index contributed by atoms with van der Waals surface area (Å²) >= 11 is 0. The lowest BCUT2D eigenvalue weighted by molar-refractivity contribution is -0.117. The Balaban J connectivity index is 1.85. The second kappa shape index (κ2) is 7.31. The largest absolute Gasteiger partial charge is 0.497 e. The van der Waals surface area contributed by atoms with Crippen LogP contribution in [-0.2, 0) is 4.79 Å². The van der Waals surface area contributed by atoms with Crippen molar-refractivity contribution in [2.45, 2.75) is 26.2 Å². The predicted octanol–water partition coefficient (Wildman–Crippen LogP) is 2.34. The van der Waals surface area contributed by atoms with Crippen LogP contribution in [0.15, 0.2) is 18.2 Å². The molecule has 2 rings (SSSR count). The highest BCUT2D eigenvalue weighted by atomic mass is 16.5. The van der Waals surface area contributed by atoms with Crippen LogP contribution in [0.25, 0.3) is 0 Å². The lowest BCUT2D eigenvalue weighted by Gasteiger charge is -2.30. The predicted molar refractivity (Wildman–Crippen MR) is 85.5 cm³/mol. The molecule has 1 saturated heterocycles. The van der Waals surface area contributed by atoms with Crippen molar-refractivity contribution in [3.05, 3.63) is 18.2 Å². The Bertz CT molecular complexity index is 482. The van der Waals surface area contributed by atoms with Crippen LogP contribution in [0, 0.1) is 5.92 Å². The molecular formula is C16H25N3O2. The molecule has 0 radical (unpaired) electrons. The minimum Gasteiger partial charge on any atom is -0.497 e. The number of carbonyl (C=O) groups excluding carboxylic acids is 1. The van der Waals surface area contributed by atoms with Gasteiger partial charge in [0.2, 0.25) is 5.91 Å². The molecule has 1 heterocycles. The number of likely N-dealkylation sites (tertiary alicyclic amines) is 1. The Morgan fingerprint density at radius 1 is 1.43 bits per heavy atom. The second-order valence-corrected chi connectivity index (χ2v) is 5.63. The molecule has 1 aromatic carbocycles. The fraction of sp³-hybridized carbons (Fsp3) is 0.562. The first-order valence-corrected chi connectivity index (χ1v) is 7.58. The summed E-state index contributed by atoms with van der Waals surface area (Å²) in [6, 6.07) is 5.27. The van der Waals surface area contributed by atoms with Crippen molar-refractivity contribution < 1.29 is 9.53 Å². The van der Waals surface area contributed by atoms with E-state index in [1.54, 1.807) is 25.3 Å². The highest BCUT2D eigenvalue weighted by molar-refractivity contribution is 5.95. The maximum Gasteiger partial charge on any atom is 0.238 e. The van der Waals surface area contributed by atoms with Crippen LogP contribution in [0.1, 0.15) is 26.2 Å². The van der Waals surface area contributed by atoms with Crippen molar-refractivity contribution in [1.29, 1.82) is 0 Å². The zero-order valence-electron chi connectivity index (χ0n) is 12.9. The number of hydrogen-bond donors (Lipinski definition) is 2. The topological polar surface area (TPSA) is 67.6 Å². The van der Waals surface area contributed by atoms with E-state index >= 15 is 0 Å². The average Bonchev–Trinajstić information content (AvgIpc) is 2.50. The van der Waals surface area contributed by atoms with Crippen molar-refractivity contribution in [2.75, 3.05) is 37.8 Å². The third-order valence-electron chi connectivity index (χ3n) is 4.18. The molecule has 3 N–H and O–H groups in total. The quantitative estimate of drug-likeness (QED) is 0.817. The summed E-state index contributed by atoms with van der Waals surface area (Å²) in [5.74, 6) is 1.50. The molecule has 0 aromatic heterocycles. The van der Waals surface area contributed by atoms with Gasteiger partial charge in [0.1, 0.15) is 5.75 Å². The van der Waals surface area contributed by atoms with E-state index in [2.05, 4.69) is 17.1 Å². The van der Waals surface area contributed by atoms with Crippen molar-refractivity contribution in [3.63, 3.8) is 0 Å². The van der Waals surface area contributed by atoms with Gasteiger partial charge in [-0.15, -0.1) is 0 Å². The lowest BCUT2D eigenvalue weighted by atomic mass is 9.94. The van der Waals surface area contributed by atoms with E-state index in [0.717, 1.165) is 19.0 Å². The molecule has 0 atom stereocenters. The number of piperidine rings is 1. The van der Waals surface area contributed by atoms with E-state index in [-0.39, 0.29) is 5.91 Å². The summed E-state index contributed by atoms with van der Waals surface area (Å²) < 4.78 is 5.10. The molecule has 21 heavy (non-hydrogen) atoms. The maximum absolute atomic E-state index is 12.1. The summed E-state index contributed by atoms with van der Waals surface area (Å²) in [7, 11) is 1.59. The number of benzene rings is 1. The summed E-state index contributed by atoms with van der Waals surface area (Å²) in [5.41, 5.74) is 7.07. The molecule has 5 nitrogen and oxygen atoms in total. The summed E-state index contributed by atoms with van der Waals surface area (Å²) in [4.78, 5) is 14.3. The number of amides is 1. The Kier molecular flexibility index (Phi) is 5.44. The van der Waals surface area contributed by atoms with E-state index in [0.29, 0.717) is 23.7 Å². The number of hydrogen-bond acceptors (Lipinski definition) is 4. The first-order valence-electron chi connectivity index (χ1n) is 7.58. The molecule has 0 saturated carbocycles. The SMILES string of the molecule is CCC1CCN(CC(=O)Nc2ccc(OC)cc2N)CC1.